The second-order valence-corrected chi connectivity index (χ2v) is 3.96. The molecule has 1 fully saturated rings. The van der Waals surface area contributed by atoms with Gasteiger partial charge >= 0.3 is 0 Å². The molecule has 1 aromatic rings. The summed E-state index contributed by atoms with van der Waals surface area (Å²) >= 11 is 5.86. The summed E-state index contributed by atoms with van der Waals surface area (Å²) in [5.41, 5.74) is 7.37. The predicted molar refractivity (Wildman–Crippen MR) is 58.8 cm³/mol. The first-order chi connectivity index (χ1) is 7.09. The molecule has 0 radical (unpaired) electrons. The topological polar surface area (TPSA) is 49.6 Å². The second kappa shape index (κ2) is 3.72. The molecule has 15 heavy (non-hydrogen) atoms. The fraction of sp³-hybridized carbons (Fsp3) is 0.300. The summed E-state index contributed by atoms with van der Waals surface area (Å²) < 4.78 is 1.41. The third-order valence-electron chi connectivity index (χ3n) is 2.53. The molecule has 80 valence electrons. The van der Waals surface area contributed by atoms with Crippen molar-refractivity contribution in [2.75, 3.05) is 12.8 Å². The molecule has 1 aromatic carbocycles. The summed E-state index contributed by atoms with van der Waals surface area (Å²) in [5.74, 6) is 0.0347. The summed E-state index contributed by atoms with van der Waals surface area (Å²) in [6, 6.07) is 7.22. The van der Waals surface area contributed by atoms with Crippen LogP contribution in [-0.2, 0) is 11.2 Å². The van der Waals surface area contributed by atoms with Crippen molar-refractivity contribution in [3.05, 3.63) is 29.8 Å². The number of rotatable bonds is 2. The Kier molecular flexibility index (Phi) is 2.54. The van der Waals surface area contributed by atoms with Crippen LogP contribution in [0.5, 0.6) is 0 Å². The molecule has 1 atom stereocenters. The van der Waals surface area contributed by atoms with Crippen molar-refractivity contribution in [2.45, 2.75) is 12.5 Å². The number of amides is 1. The van der Waals surface area contributed by atoms with Gasteiger partial charge in [0.15, 0.2) is 0 Å². The first-order valence-electron chi connectivity index (χ1n) is 4.66. The van der Waals surface area contributed by atoms with E-state index in [2.05, 4.69) is 0 Å². The maximum atomic E-state index is 11.4. The number of nitrogens with two attached hydrogens (primary N) is 1. The molecule has 0 unspecified atom stereocenters. The van der Waals surface area contributed by atoms with E-state index in [1.807, 2.05) is 24.3 Å². The largest absolute Gasteiger partial charge is 0.399 e. The average Bonchev–Trinajstić information content (AvgIpc) is 2.24. The number of hydrazine groups is 1. The van der Waals surface area contributed by atoms with Gasteiger partial charge in [-0.15, -0.1) is 4.53 Å². The monoisotopic (exact) mass is 225 g/mol. The van der Waals surface area contributed by atoms with Gasteiger partial charge in [-0.05, 0) is 17.7 Å². The number of carbonyl (C=O) groups excluding carboxylic acids is 1. The summed E-state index contributed by atoms with van der Waals surface area (Å²) in [5, 5.41) is 1.39. The third-order valence-corrected chi connectivity index (χ3v) is 2.99. The zero-order chi connectivity index (χ0) is 11.0. The van der Waals surface area contributed by atoms with Gasteiger partial charge in [0.25, 0.3) is 5.91 Å². The normalized spacial score (nSPS) is 21.6. The fourth-order valence-electron chi connectivity index (χ4n) is 1.66. The number of nitrogens with zero attached hydrogens (tertiary/aromatic N) is 2. The Bertz CT molecular complexity index is 396. The minimum Gasteiger partial charge on any atom is -0.399 e. The Balaban J connectivity index is 2.07. The van der Waals surface area contributed by atoms with Gasteiger partial charge < -0.3 is 5.73 Å². The van der Waals surface area contributed by atoms with Crippen LogP contribution < -0.4 is 5.73 Å². The van der Waals surface area contributed by atoms with Crippen molar-refractivity contribution >= 4 is 23.4 Å². The van der Waals surface area contributed by atoms with Crippen molar-refractivity contribution in [1.29, 1.82) is 0 Å². The number of likely N-dealkylation sites (N-methyl/N-ethyl adjacent to an activating group) is 1. The first-order valence-corrected chi connectivity index (χ1v) is 5.00. The van der Waals surface area contributed by atoms with Crippen LogP contribution in [0.4, 0.5) is 5.69 Å². The van der Waals surface area contributed by atoms with Crippen LogP contribution in [0.1, 0.15) is 5.56 Å². The Hall–Kier alpha value is -1.26. The summed E-state index contributed by atoms with van der Waals surface area (Å²) in [4.78, 5) is 11.4. The second-order valence-electron chi connectivity index (χ2n) is 3.62. The highest BCUT2D eigenvalue weighted by Gasteiger charge is 2.42. The van der Waals surface area contributed by atoms with E-state index in [1.54, 1.807) is 7.05 Å². The smallest absolute Gasteiger partial charge is 0.258 e. The number of nitrogen functional groups attached to an aromatic ring is 1. The van der Waals surface area contributed by atoms with Crippen LogP contribution in [0.3, 0.4) is 0 Å². The van der Waals surface area contributed by atoms with E-state index < -0.39 is 0 Å². The molecule has 0 aliphatic carbocycles. The van der Waals surface area contributed by atoms with Crippen LogP contribution in [0, 0.1) is 0 Å². The van der Waals surface area contributed by atoms with Crippen molar-refractivity contribution < 1.29 is 4.79 Å². The zero-order valence-electron chi connectivity index (χ0n) is 8.35. The van der Waals surface area contributed by atoms with Crippen molar-refractivity contribution in [3.63, 3.8) is 0 Å². The highest BCUT2D eigenvalue weighted by atomic mass is 35.5. The molecule has 1 saturated heterocycles. The maximum Gasteiger partial charge on any atom is 0.258 e. The van der Waals surface area contributed by atoms with Gasteiger partial charge in [0.05, 0.1) is 0 Å². The number of benzene rings is 1. The lowest BCUT2D eigenvalue weighted by Gasteiger charge is -2.42. The molecule has 1 heterocycles. The van der Waals surface area contributed by atoms with E-state index in [9.17, 15) is 4.79 Å². The van der Waals surface area contributed by atoms with E-state index in [1.165, 1.54) is 9.54 Å². The molecule has 2 N–H and O–H groups in total. The van der Waals surface area contributed by atoms with Gasteiger partial charge in [-0.25, -0.2) is 0 Å². The van der Waals surface area contributed by atoms with Gasteiger partial charge in [-0.2, -0.15) is 0 Å². The number of hydrogen-bond acceptors (Lipinski definition) is 3. The predicted octanol–water partition coefficient (Wildman–Crippen LogP) is 1.02. The Labute approximate surface area is 93.3 Å². The molecule has 1 aliphatic heterocycles. The van der Waals surface area contributed by atoms with Crippen LogP contribution in [0.15, 0.2) is 24.3 Å². The highest BCUT2D eigenvalue weighted by Crippen LogP contribution is 2.24. The van der Waals surface area contributed by atoms with E-state index in [0.717, 1.165) is 5.56 Å². The molecule has 0 spiro atoms. The molecule has 0 saturated carbocycles. The standard InChI is InChI=1S/C10H12ClN3O/c1-13-10(15)9(14(13)11)6-7-3-2-4-8(12)5-7/h2-5,9H,6,12H2,1H3/t9-/m0/s1. The lowest BCUT2D eigenvalue weighted by Crippen LogP contribution is -2.63. The average molecular weight is 226 g/mol. The Morgan fingerprint density at radius 1 is 1.53 bits per heavy atom. The van der Waals surface area contributed by atoms with Gasteiger partial charge in [0, 0.05) is 30.9 Å². The van der Waals surface area contributed by atoms with Crippen LogP contribution >= 0.6 is 11.8 Å². The van der Waals surface area contributed by atoms with Crippen LogP contribution in [0.2, 0.25) is 0 Å². The van der Waals surface area contributed by atoms with Gasteiger partial charge in [-0.3, -0.25) is 9.80 Å². The molecular formula is C10H12ClN3O. The zero-order valence-corrected chi connectivity index (χ0v) is 9.11. The molecule has 2 rings (SSSR count). The lowest BCUT2D eigenvalue weighted by atomic mass is 10.0. The van der Waals surface area contributed by atoms with Crippen molar-refractivity contribution in [3.8, 4) is 0 Å². The maximum absolute atomic E-state index is 11.4. The quantitative estimate of drug-likeness (QED) is 0.604. The fourth-order valence-corrected chi connectivity index (χ4v) is 1.89. The number of hydrogen-bond donors (Lipinski definition) is 1. The van der Waals surface area contributed by atoms with Gasteiger partial charge in [0.1, 0.15) is 6.04 Å². The van der Waals surface area contributed by atoms with E-state index in [4.69, 9.17) is 17.5 Å². The van der Waals surface area contributed by atoms with E-state index in [0.29, 0.717) is 12.1 Å². The highest BCUT2D eigenvalue weighted by molar-refractivity contribution is 6.17. The number of anilines is 1. The Morgan fingerprint density at radius 2 is 2.27 bits per heavy atom. The minimum absolute atomic E-state index is 0.0347. The van der Waals surface area contributed by atoms with Crippen LogP contribution in [0.25, 0.3) is 0 Å². The molecule has 0 aromatic heterocycles. The van der Waals surface area contributed by atoms with Gasteiger partial charge in [-0.1, -0.05) is 12.1 Å². The van der Waals surface area contributed by atoms with Gasteiger partial charge in [0.2, 0.25) is 0 Å². The van der Waals surface area contributed by atoms with E-state index >= 15 is 0 Å². The molecule has 1 aliphatic rings. The first kappa shape index (κ1) is 10.3. The number of carbonyl (C=O) groups is 1. The SMILES string of the molecule is CN1C(=O)[C@H](Cc2cccc(N)c2)N1Cl. The molecule has 1 amide bonds. The molecular weight excluding hydrogens is 214 g/mol. The summed E-state index contributed by atoms with van der Waals surface area (Å²) in [7, 11) is 1.64. The van der Waals surface area contributed by atoms with Crippen LogP contribution in [-0.4, -0.2) is 28.5 Å². The third kappa shape index (κ3) is 1.78. The summed E-state index contributed by atoms with van der Waals surface area (Å²) in [6.07, 6.45) is 0.595. The lowest BCUT2D eigenvalue weighted by molar-refractivity contribution is -0.168. The number of halogens is 1. The molecule has 0 bridgehead atoms. The molecule has 5 heteroatoms. The Morgan fingerprint density at radius 3 is 2.87 bits per heavy atom. The summed E-state index contributed by atoms with van der Waals surface area (Å²) in [6.45, 7) is 0. The van der Waals surface area contributed by atoms with Crippen molar-refractivity contribution in [1.82, 2.24) is 9.54 Å². The van der Waals surface area contributed by atoms with E-state index in [-0.39, 0.29) is 11.9 Å². The van der Waals surface area contributed by atoms with Crippen molar-refractivity contribution in [2.24, 2.45) is 0 Å². The minimum atomic E-state index is -0.265. The molecule has 4 nitrogen and oxygen atoms in total.